The van der Waals surface area contributed by atoms with Gasteiger partial charge in [0.15, 0.2) is 0 Å². The molecular weight excluding hydrogens is 312 g/mol. The number of nitrogens with zero attached hydrogens (tertiary/aromatic N) is 1. The van der Waals surface area contributed by atoms with E-state index in [9.17, 15) is 22.0 Å². The molecule has 0 saturated carbocycles. The molecule has 0 aliphatic rings. The van der Waals surface area contributed by atoms with Gasteiger partial charge in [0, 0.05) is 13.6 Å². The number of hydrogen-bond donors (Lipinski definition) is 0. The normalized spacial score (nSPS) is 13.2. The molecule has 1 unspecified atom stereocenters. The van der Waals surface area contributed by atoms with Crippen LogP contribution in [-0.2, 0) is 21.1 Å². The molecule has 22 heavy (non-hydrogen) atoms. The van der Waals surface area contributed by atoms with Gasteiger partial charge in [-0.05, 0) is 23.6 Å². The number of rotatable bonds is 7. The van der Waals surface area contributed by atoms with Crippen molar-refractivity contribution in [2.45, 2.75) is 37.3 Å². The van der Waals surface area contributed by atoms with Crippen LogP contribution < -0.4 is 0 Å². The molecule has 124 valence electrons. The number of benzene rings is 1. The molecule has 0 aromatic heterocycles. The Balaban J connectivity index is 2.74. The highest BCUT2D eigenvalue weighted by molar-refractivity contribution is 7.91. The lowest BCUT2D eigenvalue weighted by molar-refractivity contribution is -0.129. The third-order valence-corrected chi connectivity index (χ3v) is 4.95. The van der Waals surface area contributed by atoms with Crippen LogP contribution in [0.15, 0.2) is 29.2 Å². The zero-order chi connectivity index (χ0) is 16.9. The van der Waals surface area contributed by atoms with Crippen molar-refractivity contribution in [1.29, 1.82) is 0 Å². The van der Waals surface area contributed by atoms with Crippen LogP contribution in [-0.4, -0.2) is 38.6 Å². The van der Waals surface area contributed by atoms with Crippen LogP contribution in [0.25, 0.3) is 0 Å². The SMILES string of the molecule is CCC(C)CN(C)C(=O)Cc1ccc(S(=O)(=O)C(F)F)cc1. The molecule has 0 aliphatic heterocycles. The average Bonchev–Trinajstić information content (AvgIpc) is 2.47. The summed E-state index contributed by atoms with van der Waals surface area (Å²) in [7, 11) is -2.87. The molecule has 1 amide bonds. The Kier molecular flexibility index (Phi) is 6.47. The van der Waals surface area contributed by atoms with Crippen molar-refractivity contribution in [2.24, 2.45) is 5.92 Å². The van der Waals surface area contributed by atoms with E-state index in [2.05, 4.69) is 0 Å². The number of sulfone groups is 1. The molecule has 7 heteroatoms. The van der Waals surface area contributed by atoms with Gasteiger partial charge >= 0.3 is 5.76 Å². The largest absolute Gasteiger partial charge is 0.345 e. The quantitative estimate of drug-likeness (QED) is 0.771. The molecule has 1 atom stereocenters. The first kappa shape index (κ1) is 18.5. The van der Waals surface area contributed by atoms with Crippen LogP contribution in [0.5, 0.6) is 0 Å². The van der Waals surface area contributed by atoms with E-state index >= 15 is 0 Å². The van der Waals surface area contributed by atoms with E-state index < -0.39 is 20.5 Å². The molecule has 0 fully saturated rings. The number of amides is 1. The number of carbonyl (C=O) groups excluding carboxylic acids is 1. The first-order valence-electron chi connectivity index (χ1n) is 7.03. The second kappa shape index (κ2) is 7.67. The molecule has 0 saturated heterocycles. The summed E-state index contributed by atoms with van der Waals surface area (Å²) in [6, 6.07) is 5.01. The molecule has 0 spiro atoms. The maximum absolute atomic E-state index is 12.4. The standard InChI is InChI=1S/C15H21F2NO3S/c1-4-11(2)10-18(3)14(19)9-12-5-7-13(8-6-12)22(20,21)15(16)17/h5-8,11,15H,4,9-10H2,1-3H3. The van der Waals surface area contributed by atoms with Gasteiger partial charge in [-0.1, -0.05) is 32.4 Å². The molecule has 0 radical (unpaired) electrons. The van der Waals surface area contributed by atoms with Gasteiger partial charge in [-0.25, -0.2) is 8.42 Å². The van der Waals surface area contributed by atoms with Gasteiger partial charge in [0.2, 0.25) is 15.7 Å². The van der Waals surface area contributed by atoms with Crippen LogP contribution in [0.1, 0.15) is 25.8 Å². The smallest absolute Gasteiger partial charge is 0.341 e. The van der Waals surface area contributed by atoms with Gasteiger partial charge in [-0.15, -0.1) is 0 Å². The van der Waals surface area contributed by atoms with Gasteiger partial charge in [0.05, 0.1) is 11.3 Å². The summed E-state index contributed by atoms with van der Waals surface area (Å²) in [6.07, 6.45) is 1.08. The third-order valence-electron chi connectivity index (χ3n) is 3.55. The lowest BCUT2D eigenvalue weighted by Crippen LogP contribution is -2.32. The Morgan fingerprint density at radius 2 is 1.77 bits per heavy atom. The van der Waals surface area contributed by atoms with E-state index in [-0.39, 0.29) is 12.3 Å². The summed E-state index contributed by atoms with van der Waals surface area (Å²) in [6.45, 7) is 4.74. The topological polar surface area (TPSA) is 54.5 Å². The molecule has 1 rings (SSSR count). The highest BCUT2D eigenvalue weighted by atomic mass is 32.2. The summed E-state index contributed by atoms with van der Waals surface area (Å²) >= 11 is 0. The fourth-order valence-electron chi connectivity index (χ4n) is 1.91. The minimum absolute atomic E-state index is 0.0928. The predicted octanol–water partition coefficient (Wildman–Crippen LogP) is 2.73. The number of likely N-dealkylation sites (N-methyl/N-ethyl adjacent to an activating group) is 1. The van der Waals surface area contributed by atoms with Crippen molar-refractivity contribution in [3.63, 3.8) is 0 Å². The monoisotopic (exact) mass is 333 g/mol. The van der Waals surface area contributed by atoms with E-state index in [1.807, 2.05) is 13.8 Å². The predicted molar refractivity (Wildman–Crippen MR) is 80.4 cm³/mol. The van der Waals surface area contributed by atoms with E-state index in [0.717, 1.165) is 18.6 Å². The van der Waals surface area contributed by atoms with Crippen LogP contribution in [0.2, 0.25) is 0 Å². The average molecular weight is 333 g/mol. The number of hydrogen-bond acceptors (Lipinski definition) is 3. The van der Waals surface area contributed by atoms with E-state index in [0.29, 0.717) is 18.0 Å². The highest BCUT2D eigenvalue weighted by Gasteiger charge is 2.26. The third kappa shape index (κ3) is 4.76. The molecule has 0 heterocycles. The Morgan fingerprint density at radius 1 is 1.23 bits per heavy atom. The van der Waals surface area contributed by atoms with Crippen molar-refractivity contribution in [3.05, 3.63) is 29.8 Å². The molecule has 0 aliphatic carbocycles. The summed E-state index contributed by atoms with van der Waals surface area (Å²) in [5.41, 5.74) is 0.592. The van der Waals surface area contributed by atoms with Gasteiger partial charge in [0.25, 0.3) is 0 Å². The summed E-state index contributed by atoms with van der Waals surface area (Å²) in [5, 5.41) is 0. The van der Waals surface area contributed by atoms with E-state index in [1.165, 1.54) is 12.1 Å². The Morgan fingerprint density at radius 3 is 2.23 bits per heavy atom. The van der Waals surface area contributed by atoms with Crippen LogP contribution in [0.4, 0.5) is 8.78 Å². The zero-order valence-corrected chi connectivity index (χ0v) is 13.7. The minimum atomic E-state index is -4.59. The van der Waals surface area contributed by atoms with Crippen molar-refractivity contribution in [3.8, 4) is 0 Å². The first-order valence-corrected chi connectivity index (χ1v) is 8.58. The molecule has 4 nitrogen and oxygen atoms in total. The minimum Gasteiger partial charge on any atom is -0.345 e. The summed E-state index contributed by atoms with van der Waals surface area (Å²) in [5.74, 6) is -3.14. The van der Waals surface area contributed by atoms with Gasteiger partial charge < -0.3 is 4.90 Å². The molecule has 0 N–H and O–H groups in total. The number of carbonyl (C=O) groups is 1. The van der Waals surface area contributed by atoms with E-state index in [4.69, 9.17) is 0 Å². The van der Waals surface area contributed by atoms with Gasteiger partial charge in [0.1, 0.15) is 0 Å². The van der Waals surface area contributed by atoms with Crippen molar-refractivity contribution in [2.75, 3.05) is 13.6 Å². The number of alkyl halides is 2. The lowest BCUT2D eigenvalue weighted by atomic mass is 10.1. The fraction of sp³-hybridized carbons (Fsp3) is 0.533. The van der Waals surface area contributed by atoms with Crippen molar-refractivity contribution >= 4 is 15.7 Å². The first-order chi connectivity index (χ1) is 10.2. The van der Waals surface area contributed by atoms with Gasteiger partial charge in [-0.2, -0.15) is 8.78 Å². The van der Waals surface area contributed by atoms with Crippen LogP contribution >= 0.6 is 0 Å². The molecule has 0 bridgehead atoms. The molecular formula is C15H21F2NO3S. The maximum atomic E-state index is 12.4. The second-order valence-electron chi connectivity index (χ2n) is 5.41. The Hall–Kier alpha value is -1.50. The van der Waals surface area contributed by atoms with Crippen LogP contribution in [0.3, 0.4) is 0 Å². The van der Waals surface area contributed by atoms with Crippen molar-refractivity contribution in [1.82, 2.24) is 4.90 Å². The van der Waals surface area contributed by atoms with E-state index in [1.54, 1.807) is 11.9 Å². The zero-order valence-electron chi connectivity index (χ0n) is 12.9. The fourth-order valence-corrected chi connectivity index (χ4v) is 2.63. The molecule has 1 aromatic carbocycles. The Labute approximate surface area is 130 Å². The van der Waals surface area contributed by atoms with Gasteiger partial charge in [-0.3, -0.25) is 4.79 Å². The summed E-state index contributed by atoms with van der Waals surface area (Å²) in [4.78, 5) is 13.2. The maximum Gasteiger partial charge on any atom is 0.341 e. The van der Waals surface area contributed by atoms with Crippen LogP contribution in [0, 0.1) is 5.92 Å². The number of halogens is 2. The second-order valence-corrected chi connectivity index (χ2v) is 7.33. The Bertz CT molecular complexity index is 600. The lowest BCUT2D eigenvalue weighted by Gasteiger charge is -2.20. The highest BCUT2D eigenvalue weighted by Crippen LogP contribution is 2.19. The van der Waals surface area contributed by atoms with Crippen molar-refractivity contribution < 1.29 is 22.0 Å². The molecule has 1 aromatic rings. The summed E-state index contributed by atoms with van der Waals surface area (Å²) < 4.78 is 47.4.